The van der Waals surface area contributed by atoms with E-state index in [4.69, 9.17) is 14.6 Å². The van der Waals surface area contributed by atoms with Crippen LogP contribution in [0.5, 0.6) is 0 Å². The number of aliphatic hydroxyl groups excluding tert-OH is 2. The molecule has 5 nitrogen and oxygen atoms in total. The molecule has 0 aromatic rings. The third-order valence-corrected chi connectivity index (χ3v) is 16.2. The lowest BCUT2D eigenvalue weighted by Crippen LogP contribution is -2.35. The molecule has 1 fully saturated rings. The summed E-state index contributed by atoms with van der Waals surface area (Å²) >= 11 is 0. The van der Waals surface area contributed by atoms with Crippen LogP contribution in [0.1, 0.15) is 268 Å². The minimum atomic E-state index is -2.66. The highest BCUT2D eigenvalue weighted by Gasteiger charge is 2.35. The van der Waals surface area contributed by atoms with E-state index in [2.05, 4.69) is 206 Å². The van der Waals surface area contributed by atoms with Crippen molar-refractivity contribution in [3.63, 3.8) is 0 Å². The van der Waals surface area contributed by atoms with Gasteiger partial charge in [-0.2, -0.15) is 8.78 Å². The Hall–Kier alpha value is -0.340. The molecule has 0 spiro atoms. The second-order valence-corrected chi connectivity index (χ2v) is 29.3. The number of hydrogen-bond acceptors (Lipinski definition) is 5. The molecule has 0 aromatic carbocycles. The molecule has 7 heteroatoms. The minimum Gasteiger partial charge on any atom is -0.396 e. The quantitative estimate of drug-likeness (QED) is 0.0903. The van der Waals surface area contributed by atoms with Crippen LogP contribution in [-0.2, 0) is 14.2 Å². The summed E-state index contributed by atoms with van der Waals surface area (Å²) in [6.07, 6.45) is 5.54. The zero-order chi connectivity index (χ0) is 61.9. The Morgan fingerprint density at radius 2 is 0.737 bits per heavy atom. The third-order valence-electron chi connectivity index (χ3n) is 16.2. The van der Waals surface area contributed by atoms with E-state index in [-0.39, 0.29) is 23.7 Å². The Kier molecular flexibility index (Phi) is 54.0. The van der Waals surface area contributed by atoms with Crippen LogP contribution in [-0.4, -0.2) is 61.1 Å². The van der Waals surface area contributed by atoms with Crippen molar-refractivity contribution in [2.24, 2.45) is 130 Å². The van der Waals surface area contributed by atoms with E-state index < -0.39 is 6.61 Å². The fraction of sp³-hybridized carbons (Fsp3) is 1.00. The van der Waals surface area contributed by atoms with E-state index in [1.807, 2.05) is 34.6 Å². The molecule has 0 heterocycles. The SMILES string of the molecule is CC(C)C(C(C)C)C(C)O.CC(C)C(C(C)C)C(C)OC(C)(C)C.CC(C)C(C(C)C)C(C)OC(F)F.CC(C)C(C(C)C)C1CC1.CC(C)C(CO)C(C)C.CCCC(C(C)C)C(C)C.COCC(C(C)C)C(C)C. The fourth-order valence-electron chi connectivity index (χ4n) is 13.1. The number of hydrogen-bond donors (Lipinski definition) is 2. The Morgan fingerprint density at radius 1 is 0.434 bits per heavy atom. The minimum absolute atomic E-state index is 0.0263. The lowest BCUT2D eigenvalue weighted by Gasteiger charge is -2.35. The van der Waals surface area contributed by atoms with Crippen LogP contribution in [0, 0.1) is 130 Å². The van der Waals surface area contributed by atoms with Gasteiger partial charge in [0, 0.05) is 20.3 Å². The molecular formula is C69H148F2O5. The van der Waals surface area contributed by atoms with Crippen LogP contribution in [0.2, 0.25) is 0 Å². The van der Waals surface area contributed by atoms with E-state index >= 15 is 0 Å². The van der Waals surface area contributed by atoms with Crippen LogP contribution in [0.3, 0.4) is 0 Å². The Morgan fingerprint density at radius 3 is 0.855 bits per heavy atom. The van der Waals surface area contributed by atoms with E-state index in [1.165, 1.54) is 25.7 Å². The third kappa shape index (κ3) is 46.3. The molecule has 76 heavy (non-hydrogen) atoms. The van der Waals surface area contributed by atoms with Crippen molar-refractivity contribution in [1.82, 2.24) is 0 Å². The van der Waals surface area contributed by atoms with Crippen LogP contribution in [0.15, 0.2) is 0 Å². The summed E-state index contributed by atoms with van der Waals surface area (Å²) in [5.41, 5.74) is -0.0263. The van der Waals surface area contributed by atoms with Crippen LogP contribution in [0.4, 0.5) is 8.78 Å². The molecular weight excluding hydrogens is 947 g/mol. The summed E-state index contributed by atoms with van der Waals surface area (Å²) in [5.74, 6) is 15.0. The van der Waals surface area contributed by atoms with Gasteiger partial charge in [-0.1, -0.05) is 214 Å². The molecule has 1 aliphatic carbocycles. The first-order valence-electron chi connectivity index (χ1n) is 31.8. The summed E-state index contributed by atoms with van der Waals surface area (Å²) in [4.78, 5) is 0. The highest BCUT2D eigenvalue weighted by molar-refractivity contribution is 4.84. The summed E-state index contributed by atoms with van der Waals surface area (Å²) < 4.78 is 39.6. The summed E-state index contributed by atoms with van der Waals surface area (Å²) in [7, 11) is 1.78. The number of rotatable bonds is 26. The van der Waals surface area contributed by atoms with Gasteiger partial charge in [-0.3, -0.25) is 0 Å². The summed E-state index contributed by atoms with van der Waals surface area (Å²) in [6.45, 7) is 75.4. The second-order valence-electron chi connectivity index (χ2n) is 29.3. The van der Waals surface area contributed by atoms with E-state index in [0.29, 0.717) is 83.7 Å². The van der Waals surface area contributed by atoms with Gasteiger partial charge in [0.25, 0.3) is 0 Å². The molecule has 0 amide bonds. The summed E-state index contributed by atoms with van der Waals surface area (Å²) in [5, 5.41) is 18.2. The largest absolute Gasteiger partial charge is 0.396 e. The highest BCUT2D eigenvalue weighted by atomic mass is 19.3. The van der Waals surface area contributed by atoms with E-state index in [0.717, 1.165) is 59.9 Å². The highest BCUT2D eigenvalue weighted by Crippen LogP contribution is 2.44. The molecule has 3 atom stereocenters. The van der Waals surface area contributed by atoms with Gasteiger partial charge in [0.05, 0.1) is 23.9 Å². The predicted octanol–water partition coefficient (Wildman–Crippen LogP) is 21.5. The lowest BCUT2D eigenvalue weighted by atomic mass is 9.81. The Labute approximate surface area is 480 Å². The van der Waals surface area contributed by atoms with Gasteiger partial charge in [-0.05, 0) is 185 Å². The van der Waals surface area contributed by atoms with Gasteiger partial charge < -0.3 is 24.4 Å². The van der Waals surface area contributed by atoms with Gasteiger partial charge in [0.2, 0.25) is 0 Å². The van der Waals surface area contributed by atoms with Gasteiger partial charge in [0.1, 0.15) is 0 Å². The number of aliphatic hydroxyl groups is 2. The van der Waals surface area contributed by atoms with Crippen molar-refractivity contribution in [2.75, 3.05) is 20.3 Å². The normalized spacial score (nSPS) is 14.6. The first-order chi connectivity index (χ1) is 34.4. The number of methoxy groups -OCH3 is 1. The number of ether oxygens (including phenoxy) is 3. The standard InChI is InChI=1S/C13H28O.C10H20F2O.C10H20.C10H22.2C9H20O.C8H18O/c1-9(2)12(10(3)4)11(5)14-13(6,7)8;1-6(2)9(7(3)4)8(5)13-10(11)12;1-7(2)10(8(3)4)9-5-6-9;1-6-7-10(8(2)3)9(4)5;1-7(2)9(6-10-5)8(3)4;1-6(2)9(7(3)4)8(5)10;1-6(2)8(5-9)7(3)4/h9-12H,1-8H3;6-10H,1-5H3;7-10H,5-6H2,1-4H3;8-10H,6-7H2,1-5H3;7-9H,6H2,1-5H3;6-10H,1-5H3;6-9H,5H2,1-4H3. The molecule has 0 saturated heterocycles. The monoisotopic (exact) mass is 1100 g/mol. The van der Waals surface area contributed by atoms with Gasteiger partial charge in [-0.15, -0.1) is 0 Å². The fourth-order valence-corrected chi connectivity index (χ4v) is 13.1. The molecule has 0 aromatic heterocycles. The molecule has 1 aliphatic rings. The molecule has 0 radical (unpaired) electrons. The van der Waals surface area contributed by atoms with Crippen molar-refractivity contribution >= 4 is 0 Å². The maximum atomic E-state index is 12.0. The molecule has 2 N–H and O–H groups in total. The average Bonchev–Trinajstić information content (AvgIpc) is 4.02. The van der Waals surface area contributed by atoms with Crippen LogP contribution < -0.4 is 0 Å². The maximum absolute atomic E-state index is 12.0. The maximum Gasteiger partial charge on any atom is 0.345 e. The molecule has 3 unspecified atom stereocenters. The first-order valence-corrected chi connectivity index (χ1v) is 31.8. The Bertz CT molecular complexity index is 1100. The summed E-state index contributed by atoms with van der Waals surface area (Å²) in [6, 6.07) is 0. The van der Waals surface area contributed by atoms with E-state index in [9.17, 15) is 13.9 Å². The van der Waals surface area contributed by atoms with Crippen LogP contribution in [0.25, 0.3) is 0 Å². The van der Waals surface area contributed by atoms with Crippen molar-refractivity contribution in [2.45, 2.75) is 299 Å². The van der Waals surface area contributed by atoms with E-state index in [1.54, 1.807) is 14.0 Å². The van der Waals surface area contributed by atoms with Crippen molar-refractivity contribution in [1.29, 1.82) is 0 Å². The number of halogens is 2. The topological polar surface area (TPSA) is 68.2 Å². The average molecular weight is 1100 g/mol. The number of alkyl halides is 2. The predicted molar refractivity (Wildman–Crippen MR) is 337 cm³/mol. The lowest BCUT2D eigenvalue weighted by molar-refractivity contribution is -0.179. The Balaban J connectivity index is -0.000000189. The zero-order valence-corrected chi connectivity index (χ0v) is 58.6. The molecule has 0 bridgehead atoms. The van der Waals surface area contributed by atoms with Crippen molar-refractivity contribution < 1.29 is 33.2 Å². The zero-order valence-electron chi connectivity index (χ0n) is 58.6. The molecule has 0 aliphatic heterocycles. The molecule has 468 valence electrons. The smallest absolute Gasteiger partial charge is 0.345 e. The van der Waals surface area contributed by atoms with Gasteiger partial charge in [-0.25, -0.2) is 0 Å². The van der Waals surface area contributed by atoms with Crippen LogP contribution >= 0.6 is 0 Å². The van der Waals surface area contributed by atoms with Gasteiger partial charge in [0.15, 0.2) is 0 Å². The second kappa shape index (κ2) is 47.2. The molecule has 1 saturated carbocycles. The first kappa shape index (κ1) is 86.9. The van der Waals surface area contributed by atoms with Gasteiger partial charge >= 0.3 is 6.61 Å². The molecule has 1 rings (SSSR count). The van der Waals surface area contributed by atoms with Crippen molar-refractivity contribution in [3.05, 3.63) is 0 Å². The van der Waals surface area contributed by atoms with Crippen molar-refractivity contribution in [3.8, 4) is 0 Å².